The van der Waals surface area contributed by atoms with Gasteiger partial charge in [0, 0.05) is 23.5 Å². The highest BCUT2D eigenvalue weighted by atomic mass is 79.9. The van der Waals surface area contributed by atoms with E-state index in [2.05, 4.69) is 21.2 Å². The number of nitrogens with zero attached hydrogens (tertiary/aromatic N) is 2. The summed E-state index contributed by atoms with van der Waals surface area (Å²) in [4.78, 5) is 29.8. The zero-order valence-corrected chi connectivity index (χ0v) is 27.5. The standard InChI is InChI=1S/C32H37BrClN3O5S/c1-42-30-17-16-27(20-28(30)34)37(43(2,40)41)22-31(38)36(21-24-12-9-13-25(33)18-24)29(19-23-10-5-3-6-11-23)32(39)35-26-14-7-4-8-15-26/h3,5-6,9-13,16-18,20,26,29H,4,7-8,14-15,19,21-22H2,1-2H3,(H,35,39)/t29-/m0/s1. The maximum absolute atomic E-state index is 14.3. The molecule has 1 atom stereocenters. The second-order valence-electron chi connectivity index (χ2n) is 10.8. The van der Waals surface area contributed by atoms with E-state index >= 15 is 0 Å². The summed E-state index contributed by atoms with van der Waals surface area (Å²) in [5.74, 6) is -0.390. The molecule has 1 N–H and O–H groups in total. The van der Waals surface area contributed by atoms with Gasteiger partial charge in [0.25, 0.3) is 0 Å². The fraction of sp³-hybridized carbons (Fsp3) is 0.375. The van der Waals surface area contributed by atoms with Gasteiger partial charge < -0.3 is 15.0 Å². The molecule has 3 aromatic carbocycles. The van der Waals surface area contributed by atoms with Gasteiger partial charge in [0.2, 0.25) is 21.8 Å². The van der Waals surface area contributed by atoms with Crippen molar-refractivity contribution in [1.82, 2.24) is 10.2 Å². The van der Waals surface area contributed by atoms with Crippen molar-refractivity contribution in [3.8, 4) is 5.75 Å². The van der Waals surface area contributed by atoms with Crippen LogP contribution in [-0.2, 0) is 32.6 Å². The number of hydrogen-bond donors (Lipinski definition) is 1. The molecule has 0 bridgehead atoms. The van der Waals surface area contributed by atoms with Gasteiger partial charge in [-0.2, -0.15) is 0 Å². The topological polar surface area (TPSA) is 96.0 Å². The lowest BCUT2D eigenvalue weighted by Gasteiger charge is -2.35. The third-order valence-electron chi connectivity index (χ3n) is 7.57. The number of anilines is 1. The molecule has 0 heterocycles. The second kappa shape index (κ2) is 15.1. The number of sulfonamides is 1. The number of halogens is 2. The minimum absolute atomic E-state index is 0.0382. The van der Waals surface area contributed by atoms with Crippen molar-refractivity contribution >= 4 is 55.1 Å². The maximum Gasteiger partial charge on any atom is 0.244 e. The molecule has 230 valence electrons. The Balaban J connectivity index is 1.73. The van der Waals surface area contributed by atoms with Crippen molar-refractivity contribution < 1.29 is 22.7 Å². The van der Waals surface area contributed by atoms with E-state index < -0.39 is 28.5 Å². The molecule has 0 radical (unpaired) electrons. The molecule has 0 spiro atoms. The van der Waals surface area contributed by atoms with E-state index in [1.54, 1.807) is 6.07 Å². The normalized spacial score (nSPS) is 14.5. The monoisotopic (exact) mass is 689 g/mol. The molecule has 2 amide bonds. The van der Waals surface area contributed by atoms with Gasteiger partial charge in [0.1, 0.15) is 18.3 Å². The van der Waals surface area contributed by atoms with Crippen molar-refractivity contribution in [2.24, 2.45) is 0 Å². The number of carbonyl (C=O) groups is 2. The molecule has 4 rings (SSSR count). The van der Waals surface area contributed by atoms with Crippen LogP contribution >= 0.6 is 27.5 Å². The molecule has 43 heavy (non-hydrogen) atoms. The third-order valence-corrected chi connectivity index (χ3v) is 9.50. The number of amides is 2. The van der Waals surface area contributed by atoms with Crippen LogP contribution in [0.25, 0.3) is 0 Å². The van der Waals surface area contributed by atoms with Crippen LogP contribution in [0.2, 0.25) is 5.02 Å². The van der Waals surface area contributed by atoms with Gasteiger partial charge in [0.05, 0.1) is 24.1 Å². The lowest BCUT2D eigenvalue weighted by Crippen LogP contribution is -2.55. The first kappa shape index (κ1) is 32.8. The number of rotatable bonds is 12. The summed E-state index contributed by atoms with van der Waals surface area (Å²) in [6.07, 6.45) is 6.32. The molecular formula is C32H37BrClN3O5S. The fourth-order valence-corrected chi connectivity index (χ4v) is 6.89. The van der Waals surface area contributed by atoms with Gasteiger partial charge in [-0.15, -0.1) is 0 Å². The molecule has 1 aliphatic carbocycles. The van der Waals surface area contributed by atoms with Crippen LogP contribution in [0, 0.1) is 0 Å². The van der Waals surface area contributed by atoms with E-state index in [4.69, 9.17) is 16.3 Å². The Kier molecular flexibility index (Phi) is 11.5. The number of ether oxygens (including phenoxy) is 1. The van der Waals surface area contributed by atoms with Crippen molar-refractivity contribution in [3.63, 3.8) is 0 Å². The lowest BCUT2D eigenvalue weighted by molar-refractivity contribution is -0.140. The Labute approximate surface area is 267 Å². The summed E-state index contributed by atoms with van der Waals surface area (Å²) in [6.45, 7) is -0.410. The highest BCUT2D eigenvalue weighted by Crippen LogP contribution is 2.30. The highest BCUT2D eigenvalue weighted by Gasteiger charge is 2.34. The van der Waals surface area contributed by atoms with Crippen LogP contribution < -0.4 is 14.4 Å². The van der Waals surface area contributed by atoms with E-state index in [9.17, 15) is 18.0 Å². The van der Waals surface area contributed by atoms with Crippen LogP contribution in [-0.4, -0.2) is 57.1 Å². The zero-order valence-electron chi connectivity index (χ0n) is 24.3. The quantitative estimate of drug-likeness (QED) is 0.253. The summed E-state index contributed by atoms with van der Waals surface area (Å²) >= 11 is 9.82. The van der Waals surface area contributed by atoms with Crippen molar-refractivity contribution in [2.75, 3.05) is 24.2 Å². The van der Waals surface area contributed by atoms with E-state index in [0.717, 1.165) is 58.3 Å². The van der Waals surface area contributed by atoms with Crippen LogP contribution in [0.15, 0.2) is 77.3 Å². The number of carbonyl (C=O) groups excluding carboxylic acids is 2. The average molecular weight is 691 g/mol. The van der Waals surface area contributed by atoms with Gasteiger partial charge >= 0.3 is 0 Å². The summed E-state index contributed by atoms with van der Waals surface area (Å²) in [7, 11) is -2.45. The van der Waals surface area contributed by atoms with Crippen LogP contribution in [0.4, 0.5) is 5.69 Å². The Morgan fingerprint density at radius 1 is 1.00 bits per heavy atom. The Bertz CT molecular complexity index is 1520. The van der Waals surface area contributed by atoms with Gasteiger partial charge in [-0.05, 0) is 54.3 Å². The first-order valence-corrected chi connectivity index (χ1v) is 17.3. The summed E-state index contributed by atoms with van der Waals surface area (Å²) in [6, 6.07) is 20.7. The largest absolute Gasteiger partial charge is 0.495 e. The molecule has 0 aromatic heterocycles. The van der Waals surface area contributed by atoms with Crippen LogP contribution in [0.5, 0.6) is 5.75 Å². The molecule has 0 aliphatic heterocycles. The highest BCUT2D eigenvalue weighted by molar-refractivity contribution is 9.10. The molecule has 1 saturated carbocycles. The van der Waals surface area contributed by atoms with Gasteiger partial charge in [-0.25, -0.2) is 8.42 Å². The average Bonchev–Trinajstić information content (AvgIpc) is 2.98. The van der Waals surface area contributed by atoms with Gasteiger partial charge in [-0.1, -0.05) is 89.3 Å². The SMILES string of the molecule is COc1ccc(N(CC(=O)N(Cc2cccc(Br)c2)[C@@H](Cc2ccccc2)C(=O)NC2CCCCC2)S(C)(=O)=O)cc1Cl. The smallest absolute Gasteiger partial charge is 0.244 e. The van der Waals surface area contributed by atoms with Crippen LogP contribution in [0.1, 0.15) is 43.2 Å². The predicted octanol–water partition coefficient (Wildman–Crippen LogP) is 5.97. The minimum Gasteiger partial charge on any atom is -0.495 e. The summed E-state index contributed by atoms with van der Waals surface area (Å²) in [5.41, 5.74) is 1.90. The molecule has 0 saturated heterocycles. The number of benzene rings is 3. The minimum atomic E-state index is -3.91. The fourth-order valence-electron chi connectivity index (χ4n) is 5.35. The van der Waals surface area contributed by atoms with E-state index in [0.29, 0.717) is 5.75 Å². The second-order valence-corrected chi connectivity index (χ2v) is 14.0. The molecule has 11 heteroatoms. The number of nitrogens with one attached hydrogen (secondary N) is 1. The molecule has 0 unspecified atom stereocenters. The number of hydrogen-bond acceptors (Lipinski definition) is 5. The summed E-state index contributed by atoms with van der Waals surface area (Å²) < 4.78 is 33.1. The van der Waals surface area contributed by atoms with E-state index in [-0.39, 0.29) is 35.6 Å². The van der Waals surface area contributed by atoms with E-state index in [1.165, 1.54) is 24.1 Å². The van der Waals surface area contributed by atoms with Crippen molar-refractivity contribution in [3.05, 3.63) is 93.4 Å². The molecular weight excluding hydrogens is 654 g/mol. The molecule has 8 nitrogen and oxygen atoms in total. The van der Waals surface area contributed by atoms with E-state index in [1.807, 2.05) is 54.6 Å². The predicted molar refractivity (Wildman–Crippen MR) is 174 cm³/mol. The molecule has 1 aliphatic rings. The number of methoxy groups -OCH3 is 1. The molecule has 3 aromatic rings. The van der Waals surface area contributed by atoms with Gasteiger partial charge in [-0.3, -0.25) is 13.9 Å². The first-order valence-electron chi connectivity index (χ1n) is 14.2. The summed E-state index contributed by atoms with van der Waals surface area (Å²) in [5, 5.41) is 3.41. The van der Waals surface area contributed by atoms with Crippen LogP contribution in [0.3, 0.4) is 0 Å². The Morgan fingerprint density at radius 3 is 2.33 bits per heavy atom. The van der Waals surface area contributed by atoms with Crippen molar-refractivity contribution in [1.29, 1.82) is 0 Å². The first-order chi connectivity index (χ1) is 20.5. The molecule has 1 fully saturated rings. The third kappa shape index (κ3) is 9.20. The zero-order chi connectivity index (χ0) is 31.0. The Hall–Kier alpha value is -3.08. The lowest BCUT2D eigenvalue weighted by atomic mass is 9.94. The Morgan fingerprint density at radius 2 is 1.70 bits per heavy atom. The maximum atomic E-state index is 14.3. The van der Waals surface area contributed by atoms with Crippen molar-refractivity contribution in [2.45, 2.75) is 57.2 Å². The van der Waals surface area contributed by atoms with Gasteiger partial charge in [0.15, 0.2) is 0 Å².